The number of likely N-dealkylation sites (tertiary alicyclic amines) is 3. The average molecular weight is 579 g/mol. The van der Waals surface area contributed by atoms with Gasteiger partial charge in [-0.1, -0.05) is 77.7 Å². The first kappa shape index (κ1) is 26.5. The molecule has 3 aliphatic heterocycles. The Morgan fingerprint density at radius 3 is 2.24 bits per heavy atom. The fraction of sp³-hybridized carbons (Fsp3) is 0.606. The summed E-state index contributed by atoms with van der Waals surface area (Å²) in [6, 6.07) is 19.7. The molecule has 4 aliphatic rings. The summed E-state index contributed by atoms with van der Waals surface area (Å²) in [5.74, 6) is 2.62. The van der Waals surface area contributed by atoms with Gasteiger partial charge in [0.15, 0.2) is 0 Å². The third-order valence-electron chi connectivity index (χ3n) is 10.2. The van der Waals surface area contributed by atoms with Crippen LogP contribution in [0, 0.1) is 17.3 Å². The predicted molar refractivity (Wildman–Crippen MR) is 158 cm³/mol. The molecule has 6 rings (SSSR count). The fourth-order valence-electron chi connectivity index (χ4n) is 7.92. The number of carbonyl (C=O) groups excluding carboxylic acids is 1. The zero-order valence-electron chi connectivity index (χ0n) is 22.9. The molecule has 4 fully saturated rings. The second-order valence-corrected chi connectivity index (χ2v) is 13.6. The summed E-state index contributed by atoms with van der Waals surface area (Å²) >= 11 is 3.52. The maximum atomic E-state index is 13.6. The van der Waals surface area contributed by atoms with E-state index in [0.29, 0.717) is 17.7 Å². The summed E-state index contributed by atoms with van der Waals surface area (Å²) in [5, 5.41) is 0. The van der Waals surface area contributed by atoms with E-state index in [-0.39, 0.29) is 5.41 Å². The Labute approximate surface area is 237 Å². The van der Waals surface area contributed by atoms with Crippen molar-refractivity contribution in [3.8, 4) is 0 Å². The molecule has 2 aromatic rings. The number of halogens is 1. The van der Waals surface area contributed by atoms with Gasteiger partial charge in [-0.15, -0.1) is 0 Å². The van der Waals surface area contributed by atoms with Gasteiger partial charge in [0.25, 0.3) is 0 Å². The minimum Gasteiger partial charge on any atom is -0.338 e. The van der Waals surface area contributed by atoms with Gasteiger partial charge in [0.05, 0.1) is 5.41 Å². The minimum atomic E-state index is -0.118. The van der Waals surface area contributed by atoms with Gasteiger partial charge in [0, 0.05) is 49.7 Å². The maximum Gasteiger partial charge on any atom is 0.229 e. The normalized spacial score (nSPS) is 27.0. The van der Waals surface area contributed by atoms with Gasteiger partial charge in [0.1, 0.15) is 0 Å². The molecule has 2 aromatic carbocycles. The second kappa shape index (κ2) is 11.8. The molecule has 5 heteroatoms. The summed E-state index contributed by atoms with van der Waals surface area (Å²) in [5.41, 5.74) is 2.63. The summed E-state index contributed by atoms with van der Waals surface area (Å²) in [6.07, 6.45) is 10.2. The monoisotopic (exact) mass is 577 g/mol. The topological polar surface area (TPSA) is 26.8 Å². The lowest BCUT2D eigenvalue weighted by atomic mass is 9.76. The number of amides is 1. The number of carbonyl (C=O) groups is 1. The van der Waals surface area contributed by atoms with Crippen molar-refractivity contribution in [3.63, 3.8) is 0 Å². The quantitative estimate of drug-likeness (QED) is 0.373. The van der Waals surface area contributed by atoms with E-state index in [1.165, 1.54) is 69.4 Å². The summed E-state index contributed by atoms with van der Waals surface area (Å²) < 4.78 is 1.09. The van der Waals surface area contributed by atoms with Crippen molar-refractivity contribution in [3.05, 3.63) is 70.2 Å². The molecule has 0 unspecified atom stereocenters. The highest BCUT2D eigenvalue weighted by Crippen LogP contribution is 2.43. The lowest BCUT2D eigenvalue weighted by Gasteiger charge is -2.39. The van der Waals surface area contributed by atoms with Crippen LogP contribution in [0.4, 0.5) is 0 Å². The van der Waals surface area contributed by atoms with Crippen molar-refractivity contribution in [1.82, 2.24) is 14.7 Å². The van der Waals surface area contributed by atoms with Crippen LogP contribution in [0.25, 0.3) is 0 Å². The van der Waals surface area contributed by atoms with Crippen LogP contribution in [-0.2, 0) is 11.3 Å². The van der Waals surface area contributed by atoms with E-state index in [9.17, 15) is 4.79 Å². The van der Waals surface area contributed by atoms with Crippen LogP contribution in [-0.4, -0.2) is 66.4 Å². The molecule has 204 valence electrons. The molecule has 2 atom stereocenters. The molecule has 0 aromatic heterocycles. The Morgan fingerprint density at radius 1 is 0.789 bits per heavy atom. The molecule has 1 amide bonds. The van der Waals surface area contributed by atoms with E-state index >= 15 is 0 Å². The van der Waals surface area contributed by atoms with Gasteiger partial charge < -0.3 is 14.7 Å². The molecule has 0 N–H and O–H groups in total. The van der Waals surface area contributed by atoms with Gasteiger partial charge in [-0.2, -0.15) is 0 Å². The Kier molecular flexibility index (Phi) is 8.25. The van der Waals surface area contributed by atoms with Crippen molar-refractivity contribution in [2.75, 3.05) is 45.8 Å². The van der Waals surface area contributed by atoms with Crippen molar-refractivity contribution >= 4 is 21.8 Å². The number of benzene rings is 2. The zero-order valence-corrected chi connectivity index (χ0v) is 24.5. The Hall–Kier alpha value is -1.69. The largest absolute Gasteiger partial charge is 0.338 e. The molecule has 4 nitrogen and oxygen atoms in total. The van der Waals surface area contributed by atoms with E-state index in [2.05, 4.69) is 85.2 Å². The predicted octanol–water partition coefficient (Wildman–Crippen LogP) is 6.56. The Balaban J connectivity index is 1.06. The molecule has 1 aliphatic carbocycles. The summed E-state index contributed by atoms with van der Waals surface area (Å²) in [6.45, 7) is 8.71. The lowest BCUT2D eigenvalue weighted by Crippen LogP contribution is -2.46. The molecule has 3 heterocycles. The van der Waals surface area contributed by atoms with Crippen LogP contribution in [0.3, 0.4) is 0 Å². The molecule has 1 saturated carbocycles. The van der Waals surface area contributed by atoms with E-state index in [1.54, 1.807) is 0 Å². The summed E-state index contributed by atoms with van der Waals surface area (Å²) in [7, 11) is 0. The van der Waals surface area contributed by atoms with Crippen molar-refractivity contribution in [2.24, 2.45) is 17.3 Å². The van der Waals surface area contributed by atoms with Gasteiger partial charge in [0.2, 0.25) is 5.91 Å². The number of hydrogen-bond donors (Lipinski definition) is 0. The van der Waals surface area contributed by atoms with Crippen molar-refractivity contribution < 1.29 is 4.79 Å². The van der Waals surface area contributed by atoms with E-state index < -0.39 is 0 Å². The molecule has 1 spiro atoms. The molecule has 38 heavy (non-hydrogen) atoms. The van der Waals surface area contributed by atoms with Crippen LogP contribution in [0.15, 0.2) is 59.1 Å². The number of rotatable bonds is 7. The third kappa shape index (κ3) is 5.90. The van der Waals surface area contributed by atoms with Gasteiger partial charge in [-0.3, -0.25) is 4.79 Å². The van der Waals surface area contributed by atoms with E-state index in [4.69, 9.17) is 0 Å². The summed E-state index contributed by atoms with van der Waals surface area (Å²) in [4.78, 5) is 21.2. The van der Waals surface area contributed by atoms with Crippen LogP contribution in [0.1, 0.15) is 68.4 Å². The minimum absolute atomic E-state index is 0.118. The Bertz CT molecular complexity index is 1060. The van der Waals surface area contributed by atoms with E-state index in [1.807, 2.05) is 0 Å². The highest BCUT2D eigenvalue weighted by Gasteiger charge is 2.48. The van der Waals surface area contributed by atoms with E-state index in [0.717, 1.165) is 55.8 Å². The first-order valence-electron chi connectivity index (χ1n) is 15.1. The van der Waals surface area contributed by atoms with Crippen LogP contribution in [0.2, 0.25) is 0 Å². The average Bonchev–Trinajstić information content (AvgIpc) is 3.48. The smallest absolute Gasteiger partial charge is 0.229 e. The molecule has 0 bridgehead atoms. The van der Waals surface area contributed by atoms with Crippen LogP contribution >= 0.6 is 15.9 Å². The standard InChI is InChI=1S/C33H44BrN3O/c34-30-13-11-27(12-14-30)22-37-20-17-33(32(37)38)15-18-35(19-16-33)23-29-24-36(21-26-7-3-1-4-8-26)25-31(29)28-9-5-2-6-10-28/h2,5-6,9-14,26,29,31H,1,3-4,7-8,15-25H2/t29-,31+/m0/s1. The SMILES string of the molecule is O=C1N(Cc2ccc(Br)cc2)CCC12CCN(C[C@H]1CN(CC3CCCCC3)C[C@@H]1c1ccccc1)CC2. The third-order valence-corrected chi connectivity index (χ3v) is 10.7. The van der Waals surface area contributed by atoms with Gasteiger partial charge in [-0.25, -0.2) is 0 Å². The van der Waals surface area contributed by atoms with Crippen molar-refractivity contribution in [1.29, 1.82) is 0 Å². The highest BCUT2D eigenvalue weighted by atomic mass is 79.9. The second-order valence-electron chi connectivity index (χ2n) is 12.7. The number of nitrogens with zero attached hydrogens (tertiary/aromatic N) is 3. The van der Waals surface area contributed by atoms with Gasteiger partial charge in [-0.05, 0) is 80.3 Å². The number of hydrogen-bond acceptors (Lipinski definition) is 3. The molecule has 3 saturated heterocycles. The Morgan fingerprint density at radius 2 is 1.50 bits per heavy atom. The highest BCUT2D eigenvalue weighted by molar-refractivity contribution is 9.10. The molecular formula is C33H44BrN3O. The first-order valence-corrected chi connectivity index (χ1v) is 15.9. The van der Waals surface area contributed by atoms with Crippen LogP contribution in [0.5, 0.6) is 0 Å². The number of piperidine rings is 1. The molecular weight excluding hydrogens is 534 g/mol. The van der Waals surface area contributed by atoms with Crippen molar-refractivity contribution in [2.45, 2.75) is 63.8 Å². The maximum absolute atomic E-state index is 13.6. The lowest BCUT2D eigenvalue weighted by molar-refractivity contribution is -0.139. The first-order chi connectivity index (χ1) is 18.6. The van der Waals surface area contributed by atoms with Crippen LogP contribution < -0.4 is 0 Å². The zero-order chi connectivity index (χ0) is 26.0. The fourth-order valence-corrected chi connectivity index (χ4v) is 8.18. The van der Waals surface area contributed by atoms with Gasteiger partial charge >= 0.3 is 0 Å². The molecule has 0 radical (unpaired) electrons.